The smallest absolute Gasteiger partial charge is 0.0223 e. The maximum atomic E-state index is 5.54. The molecule has 2 heteroatoms. The molecular formula is C8H18ClN. The Kier molecular flexibility index (Phi) is 7.54. The molecule has 0 bridgehead atoms. The zero-order valence-electron chi connectivity index (χ0n) is 7.07. The van der Waals surface area contributed by atoms with Crippen molar-refractivity contribution >= 4 is 11.6 Å². The largest absolute Gasteiger partial charge is 0.307 e. The summed E-state index contributed by atoms with van der Waals surface area (Å²) in [5.74, 6) is 0.815. The third kappa shape index (κ3) is 6.37. The van der Waals surface area contributed by atoms with Gasteiger partial charge in [0.05, 0.1) is 0 Å². The van der Waals surface area contributed by atoms with Gasteiger partial charge in [0, 0.05) is 5.88 Å². The lowest BCUT2D eigenvalue weighted by atomic mass is 10.2. The molecular weight excluding hydrogens is 146 g/mol. The van der Waals surface area contributed by atoms with E-state index >= 15 is 0 Å². The van der Waals surface area contributed by atoms with Crippen molar-refractivity contribution in [3.8, 4) is 0 Å². The molecule has 0 rings (SSSR count). The molecule has 0 aromatic carbocycles. The topological polar surface area (TPSA) is 3.24 Å². The molecule has 0 aliphatic carbocycles. The Morgan fingerprint density at radius 2 is 1.90 bits per heavy atom. The van der Waals surface area contributed by atoms with Crippen molar-refractivity contribution in [3.63, 3.8) is 0 Å². The van der Waals surface area contributed by atoms with Gasteiger partial charge in [-0.1, -0.05) is 13.3 Å². The highest BCUT2D eigenvalue weighted by atomic mass is 35.5. The minimum Gasteiger partial charge on any atom is -0.307 e. The number of hydrogen-bond acceptors (Lipinski definition) is 1. The van der Waals surface area contributed by atoms with Crippen LogP contribution in [-0.2, 0) is 0 Å². The van der Waals surface area contributed by atoms with Gasteiger partial charge in [-0.2, -0.15) is 0 Å². The molecule has 0 amide bonds. The van der Waals surface area contributed by atoms with Crippen molar-refractivity contribution in [1.82, 2.24) is 4.90 Å². The first-order chi connectivity index (χ1) is 4.81. The first-order valence-electron chi connectivity index (χ1n) is 4.05. The third-order valence-corrected chi connectivity index (χ3v) is 1.98. The summed E-state index contributed by atoms with van der Waals surface area (Å²) in [6.07, 6.45) is 3.73. The molecule has 0 unspecified atom stereocenters. The van der Waals surface area contributed by atoms with E-state index in [-0.39, 0.29) is 0 Å². The minimum atomic E-state index is 0.815. The van der Waals surface area contributed by atoms with Crippen molar-refractivity contribution in [3.05, 3.63) is 0 Å². The predicted molar refractivity (Wildman–Crippen MR) is 47.7 cm³/mol. The van der Waals surface area contributed by atoms with E-state index in [2.05, 4.69) is 18.9 Å². The molecule has 1 nitrogen and oxygen atoms in total. The molecule has 62 valence electrons. The minimum absolute atomic E-state index is 0.815. The average Bonchev–Trinajstić information content (AvgIpc) is 1.98. The number of rotatable bonds is 6. The van der Waals surface area contributed by atoms with Crippen molar-refractivity contribution in [2.24, 2.45) is 0 Å². The molecule has 0 aromatic heterocycles. The molecule has 10 heavy (non-hydrogen) atoms. The van der Waals surface area contributed by atoms with E-state index in [1.807, 2.05) is 0 Å². The van der Waals surface area contributed by atoms with Gasteiger partial charge in [-0.3, -0.25) is 0 Å². The number of halogens is 1. The SMILES string of the molecule is CCN(C)CCCCCCl. The lowest BCUT2D eigenvalue weighted by molar-refractivity contribution is 0.343. The first kappa shape index (κ1) is 10.2. The van der Waals surface area contributed by atoms with Gasteiger partial charge in [0.25, 0.3) is 0 Å². The molecule has 0 heterocycles. The molecule has 0 N–H and O–H groups in total. The van der Waals surface area contributed by atoms with E-state index in [0.29, 0.717) is 0 Å². The van der Waals surface area contributed by atoms with Crippen LogP contribution in [0.5, 0.6) is 0 Å². The Labute approximate surface area is 69.4 Å². The number of unbranched alkanes of at least 4 members (excludes halogenated alkanes) is 2. The van der Waals surface area contributed by atoms with Gasteiger partial charge >= 0.3 is 0 Å². The van der Waals surface area contributed by atoms with Gasteiger partial charge in [0.15, 0.2) is 0 Å². The molecule has 0 aliphatic heterocycles. The number of alkyl halides is 1. The second kappa shape index (κ2) is 7.36. The molecule has 0 aliphatic rings. The van der Waals surface area contributed by atoms with E-state index in [0.717, 1.165) is 12.4 Å². The fourth-order valence-electron chi connectivity index (χ4n) is 0.811. The fourth-order valence-corrected chi connectivity index (χ4v) is 1.00. The lowest BCUT2D eigenvalue weighted by Crippen LogP contribution is -2.18. The van der Waals surface area contributed by atoms with Gasteiger partial charge in [0.1, 0.15) is 0 Å². The van der Waals surface area contributed by atoms with Gasteiger partial charge < -0.3 is 4.90 Å². The van der Waals surface area contributed by atoms with Crippen molar-refractivity contribution in [2.75, 3.05) is 26.0 Å². The summed E-state index contributed by atoms with van der Waals surface area (Å²) in [5.41, 5.74) is 0. The normalized spacial score (nSPS) is 10.8. The monoisotopic (exact) mass is 163 g/mol. The molecule has 0 radical (unpaired) electrons. The Balaban J connectivity index is 2.89. The van der Waals surface area contributed by atoms with Crippen molar-refractivity contribution in [2.45, 2.75) is 26.2 Å². The standard InChI is InChI=1S/C8H18ClN/c1-3-10(2)8-6-4-5-7-9/h3-8H2,1-2H3. The highest BCUT2D eigenvalue weighted by molar-refractivity contribution is 6.17. The second-order valence-corrected chi connectivity index (χ2v) is 3.02. The predicted octanol–water partition coefficient (Wildman–Crippen LogP) is 2.35. The zero-order chi connectivity index (χ0) is 7.82. The Morgan fingerprint density at radius 3 is 2.40 bits per heavy atom. The van der Waals surface area contributed by atoms with Crippen LogP contribution in [0.1, 0.15) is 26.2 Å². The number of nitrogens with zero attached hydrogens (tertiary/aromatic N) is 1. The number of hydrogen-bond donors (Lipinski definition) is 0. The van der Waals surface area contributed by atoms with E-state index in [1.54, 1.807) is 0 Å². The second-order valence-electron chi connectivity index (χ2n) is 2.65. The summed E-state index contributed by atoms with van der Waals surface area (Å²) in [6.45, 7) is 4.55. The Hall–Kier alpha value is 0.250. The zero-order valence-corrected chi connectivity index (χ0v) is 7.82. The van der Waals surface area contributed by atoms with Crippen LogP contribution < -0.4 is 0 Å². The molecule has 0 atom stereocenters. The Bertz CT molecular complexity index is 66.3. The third-order valence-electron chi connectivity index (χ3n) is 1.71. The summed E-state index contributed by atoms with van der Waals surface area (Å²) >= 11 is 5.54. The summed E-state index contributed by atoms with van der Waals surface area (Å²) in [5, 5.41) is 0. The van der Waals surface area contributed by atoms with E-state index < -0.39 is 0 Å². The highest BCUT2D eigenvalue weighted by Crippen LogP contribution is 1.98. The molecule has 0 saturated heterocycles. The van der Waals surface area contributed by atoms with Crippen molar-refractivity contribution in [1.29, 1.82) is 0 Å². The van der Waals surface area contributed by atoms with Crippen LogP contribution in [0.2, 0.25) is 0 Å². The molecule has 0 fully saturated rings. The molecule has 0 saturated carbocycles. The quantitative estimate of drug-likeness (QED) is 0.429. The molecule has 0 aromatic rings. The van der Waals surface area contributed by atoms with Crippen LogP contribution in [0.3, 0.4) is 0 Å². The van der Waals surface area contributed by atoms with Crippen LogP contribution in [0.25, 0.3) is 0 Å². The Morgan fingerprint density at radius 1 is 1.20 bits per heavy atom. The molecule has 0 spiro atoms. The van der Waals surface area contributed by atoms with Crippen molar-refractivity contribution < 1.29 is 0 Å². The maximum Gasteiger partial charge on any atom is 0.0223 e. The van der Waals surface area contributed by atoms with Crippen LogP contribution in [-0.4, -0.2) is 30.9 Å². The fraction of sp³-hybridized carbons (Fsp3) is 1.00. The average molecular weight is 164 g/mol. The summed E-state index contributed by atoms with van der Waals surface area (Å²) in [7, 11) is 2.15. The van der Waals surface area contributed by atoms with Gasteiger partial charge in [-0.15, -0.1) is 11.6 Å². The lowest BCUT2D eigenvalue weighted by Gasteiger charge is -2.12. The van der Waals surface area contributed by atoms with Gasteiger partial charge in [0.2, 0.25) is 0 Å². The van der Waals surface area contributed by atoms with Gasteiger partial charge in [-0.05, 0) is 33.0 Å². The summed E-state index contributed by atoms with van der Waals surface area (Å²) in [4.78, 5) is 2.33. The van der Waals surface area contributed by atoms with Crippen LogP contribution >= 0.6 is 11.6 Å². The summed E-state index contributed by atoms with van der Waals surface area (Å²) in [6, 6.07) is 0. The maximum absolute atomic E-state index is 5.54. The summed E-state index contributed by atoms with van der Waals surface area (Å²) < 4.78 is 0. The van der Waals surface area contributed by atoms with Gasteiger partial charge in [-0.25, -0.2) is 0 Å². The van der Waals surface area contributed by atoms with E-state index in [9.17, 15) is 0 Å². The van der Waals surface area contributed by atoms with Crippen LogP contribution in [0.4, 0.5) is 0 Å². The van der Waals surface area contributed by atoms with E-state index in [1.165, 1.54) is 25.8 Å². The van der Waals surface area contributed by atoms with Crippen LogP contribution in [0, 0.1) is 0 Å². The highest BCUT2D eigenvalue weighted by Gasteiger charge is 1.92. The van der Waals surface area contributed by atoms with Crippen LogP contribution in [0.15, 0.2) is 0 Å². The first-order valence-corrected chi connectivity index (χ1v) is 4.59. The van der Waals surface area contributed by atoms with E-state index in [4.69, 9.17) is 11.6 Å².